The maximum Gasteiger partial charge on any atom is 0.102 e. The number of aliphatic hydroxyl groups excluding tert-OH is 1. The molecule has 0 bridgehead atoms. The van der Waals surface area contributed by atoms with Gasteiger partial charge in [-0.3, -0.25) is 4.68 Å². The molecule has 6 heteroatoms. The Morgan fingerprint density at radius 1 is 1.40 bits per heavy atom. The number of ether oxygens (including phenoxy) is 1. The lowest BCUT2D eigenvalue weighted by Gasteiger charge is -2.36. The van der Waals surface area contributed by atoms with E-state index in [1.54, 1.807) is 16.0 Å². The van der Waals surface area contributed by atoms with Crippen LogP contribution in [0, 0.1) is 0 Å². The van der Waals surface area contributed by atoms with Gasteiger partial charge < -0.3 is 14.9 Å². The fourth-order valence-corrected chi connectivity index (χ4v) is 3.11. The first-order valence-electron chi connectivity index (χ1n) is 6.73. The Labute approximate surface area is 121 Å². The third-order valence-corrected chi connectivity index (χ3v) is 4.65. The first kappa shape index (κ1) is 13.8. The third-order valence-electron chi connectivity index (χ3n) is 3.75. The summed E-state index contributed by atoms with van der Waals surface area (Å²) in [5.41, 5.74) is -0.168. The predicted octanol–water partition coefficient (Wildman–Crippen LogP) is 1.51. The summed E-state index contributed by atoms with van der Waals surface area (Å²) >= 11 is 1.63. The molecule has 2 aromatic rings. The predicted molar refractivity (Wildman–Crippen MR) is 76.5 cm³/mol. The lowest BCUT2D eigenvalue weighted by Crippen LogP contribution is -2.48. The van der Waals surface area contributed by atoms with Crippen molar-refractivity contribution in [2.45, 2.75) is 31.1 Å². The molecule has 0 aromatic carbocycles. The van der Waals surface area contributed by atoms with Crippen LogP contribution in [0.5, 0.6) is 0 Å². The average Bonchev–Trinajstić information content (AvgIpc) is 3.09. The van der Waals surface area contributed by atoms with Gasteiger partial charge in [-0.25, -0.2) is 0 Å². The van der Waals surface area contributed by atoms with Crippen molar-refractivity contribution in [3.05, 3.63) is 29.8 Å². The molecule has 1 atom stereocenters. The van der Waals surface area contributed by atoms with Gasteiger partial charge in [0.1, 0.15) is 11.8 Å². The maximum atomic E-state index is 10.4. The molecule has 0 spiro atoms. The maximum absolute atomic E-state index is 10.4. The Morgan fingerprint density at radius 3 is 2.90 bits per heavy atom. The highest BCUT2D eigenvalue weighted by molar-refractivity contribution is 7.13. The van der Waals surface area contributed by atoms with Crippen molar-refractivity contribution in [3.63, 3.8) is 0 Å². The van der Waals surface area contributed by atoms with Crippen LogP contribution < -0.4 is 0 Å². The van der Waals surface area contributed by atoms with Gasteiger partial charge in [-0.15, -0.1) is 11.3 Å². The number of aromatic nitrogens is 2. The third kappa shape index (κ3) is 2.78. The summed E-state index contributed by atoms with van der Waals surface area (Å²) in [6, 6.07) is 5.92. The minimum Gasteiger partial charge on any atom is -0.388 e. The zero-order valence-corrected chi connectivity index (χ0v) is 11.9. The first-order valence-corrected chi connectivity index (χ1v) is 7.61. The molecular formula is C14H18N2O3S. The van der Waals surface area contributed by atoms with Crippen LogP contribution in [-0.2, 0) is 11.3 Å². The number of hydrogen-bond donors (Lipinski definition) is 2. The van der Waals surface area contributed by atoms with Gasteiger partial charge in [0.2, 0.25) is 0 Å². The Bertz CT molecular complexity index is 547. The van der Waals surface area contributed by atoms with Gasteiger partial charge in [0, 0.05) is 32.3 Å². The van der Waals surface area contributed by atoms with Crippen molar-refractivity contribution in [2.75, 3.05) is 13.2 Å². The molecule has 0 saturated carbocycles. The molecule has 20 heavy (non-hydrogen) atoms. The van der Waals surface area contributed by atoms with Crippen LogP contribution in [0.1, 0.15) is 12.8 Å². The highest BCUT2D eigenvalue weighted by Gasteiger charge is 2.37. The molecule has 1 aliphatic heterocycles. The molecule has 2 aromatic heterocycles. The lowest BCUT2D eigenvalue weighted by molar-refractivity contribution is -0.136. The summed E-state index contributed by atoms with van der Waals surface area (Å²) in [6.45, 7) is 1.28. The molecular weight excluding hydrogens is 276 g/mol. The molecule has 0 aliphatic carbocycles. The summed E-state index contributed by atoms with van der Waals surface area (Å²) in [4.78, 5) is 1.10. The minimum absolute atomic E-state index is 0.294. The summed E-state index contributed by atoms with van der Waals surface area (Å²) < 4.78 is 6.91. The van der Waals surface area contributed by atoms with Crippen LogP contribution in [0.15, 0.2) is 29.8 Å². The molecule has 1 saturated heterocycles. The van der Waals surface area contributed by atoms with Crippen LogP contribution in [0.25, 0.3) is 10.6 Å². The normalized spacial score (nSPS) is 19.9. The smallest absolute Gasteiger partial charge is 0.102 e. The topological polar surface area (TPSA) is 67.5 Å². The quantitative estimate of drug-likeness (QED) is 0.897. The summed E-state index contributed by atoms with van der Waals surface area (Å²) in [5.74, 6) is 0. The van der Waals surface area contributed by atoms with Crippen molar-refractivity contribution in [1.29, 1.82) is 0 Å². The zero-order valence-electron chi connectivity index (χ0n) is 11.1. The Hall–Kier alpha value is -1.21. The van der Waals surface area contributed by atoms with E-state index in [1.807, 2.05) is 29.8 Å². The van der Waals surface area contributed by atoms with Crippen LogP contribution in [-0.4, -0.2) is 44.9 Å². The van der Waals surface area contributed by atoms with Crippen molar-refractivity contribution in [1.82, 2.24) is 9.78 Å². The molecule has 3 heterocycles. The van der Waals surface area contributed by atoms with Crippen LogP contribution in [0.4, 0.5) is 0 Å². The lowest BCUT2D eigenvalue weighted by atomic mass is 9.88. The fraction of sp³-hybridized carbons (Fsp3) is 0.500. The highest BCUT2D eigenvalue weighted by atomic mass is 32.1. The van der Waals surface area contributed by atoms with Gasteiger partial charge in [0.05, 0.1) is 17.0 Å². The van der Waals surface area contributed by atoms with Gasteiger partial charge in [-0.2, -0.15) is 5.10 Å². The van der Waals surface area contributed by atoms with Gasteiger partial charge in [-0.1, -0.05) is 6.07 Å². The number of thiophene rings is 1. The van der Waals surface area contributed by atoms with Crippen molar-refractivity contribution >= 4 is 11.3 Å². The van der Waals surface area contributed by atoms with Gasteiger partial charge in [0.15, 0.2) is 0 Å². The Balaban J connectivity index is 1.68. The van der Waals surface area contributed by atoms with Crippen LogP contribution >= 0.6 is 11.3 Å². The van der Waals surface area contributed by atoms with Crippen LogP contribution in [0.3, 0.4) is 0 Å². The average molecular weight is 294 g/mol. The molecule has 2 N–H and O–H groups in total. The molecule has 5 nitrogen and oxygen atoms in total. The summed E-state index contributed by atoms with van der Waals surface area (Å²) in [5, 5.41) is 27.1. The van der Waals surface area contributed by atoms with Crippen molar-refractivity contribution in [2.24, 2.45) is 0 Å². The number of aliphatic hydroxyl groups is 2. The van der Waals surface area contributed by atoms with E-state index in [0.29, 0.717) is 32.6 Å². The monoisotopic (exact) mass is 294 g/mol. The van der Waals surface area contributed by atoms with E-state index in [1.165, 1.54) is 0 Å². The largest absolute Gasteiger partial charge is 0.388 e. The van der Waals surface area contributed by atoms with E-state index in [9.17, 15) is 10.2 Å². The van der Waals surface area contributed by atoms with E-state index >= 15 is 0 Å². The minimum atomic E-state index is -1.06. The number of rotatable bonds is 4. The molecule has 108 valence electrons. The second kappa shape index (κ2) is 5.65. The fourth-order valence-electron chi connectivity index (χ4n) is 2.42. The van der Waals surface area contributed by atoms with Crippen LogP contribution in [0.2, 0.25) is 0 Å². The van der Waals surface area contributed by atoms with E-state index < -0.39 is 11.7 Å². The number of hydrogen-bond acceptors (Lipinski definition) is 5. The van der Waals surface area contributed by atoms with E-state index in [0.717, 1.165) is 10.6 Å². The van der Waals surface area contributed by atoms with E-state index in [-0.39, 0.29) is 0 Å². The second-order valence-corrected chi connectivity index (χ2v) is 6.08. The van der Waals surface area contributed by atoms with Gasteiger partial charge in [0.25, 0.3) is 0 Å². The van der Waals surface area contributed by atoms with Crippen molar-refractivity contribution < 1.29 is 14.9 Å². The van der Waals surface area contributed by atoms with E-state index in [4.69, 9.17) is 4.74 Å². The number of nitrogens with zero attached hydrogens (tertiary/aromatic N) is 2. The van der Waals surface area contributed by atoms with E-state index in [2.05, 4.69) is 5.10 Å². The van der Waals surface area contributed by atoms with Gasteiger partial charge >= 0.3 is 0 Å². The standard InChI is InChI=1S/C14H18N2O3S/c17-13(14(18)4-7-19-8-5-14)10-16-6-3-11(15-16)12-2-1-9-20-12/h1-3,6,9,13,17-18H,4-5,7-8,10H2. The Morgan fingerprint density at radius 2 is 2.20 bits per heavy atom. The molecule has 1 aliphatic rings. The summed E-state index contributed by atoms with van der Waals surface area (Å²) in [7, 11) is 0. The second-order valence-electron chi connectivity index (χ2n) is 5.13. The molecule has 1 fully saturated rings. The first-order chi connectivity index (χ1) is 9.67. The van der Waals surface area contributed by atoms with Gasteiger partial charge in [-0.05, 0) is 17.5 Å². The highest BCUT2D eigenvalue weighted by Crippen LogP contribution is 2.26. The summed E-state index contributed by atoms with van der Waals surface area (Å²) in [6.07, 6.45) is 1.93. The molecule has 3 rings (SSSR count). The molecule has 0 radical (unpaired) electrons. The SMILES string of the molecule is OC(Cn1ccc(-c2cccs2)n1)C1(O)CCOCC1. The molecule has 0 amide bonds. The van der Waals surface area contributed by atoms with Crippen molar-refractivity contribution in [3.8, 4) is 10.6 Å². The zero-order chi connectivity index (χ0) is 14.0. The molecule has 1 unspecified atom stereocenters. The Kier molecular flexibility index (Phi) is 3.89.